The highest BCUT2D eigenvalue weighted by atomic mass is 19.4. The molecule has 0 aliphatic rings. The molecule has 4 nitrogen and oxygen atoms in total. The first kappa shape index (κ1) is 21.7. The van der Waals surface area contributed by atoms with Gasteiger partial charge in [-0.25, -0.2) is 0 Å². The van der Waals surface area contributed by atoms with Crippen molar-refractivity contribution < 1.29 is 22.8 Å². The molecule has 0 saturated heterocycles. The monoisotopic (exact) mass is 370 g/mol. The fraction of sp³-hybridized carbons (Fsp3) is 0.474. The van der Waals surface area contributed by atoms with Crippen LogP contribution in [0.3, 0.4) is 0 Å². The number of carbonyl (C=O) groups is 2. The summed E-state index contributed by atoms with van der Waals surface area (Å²) in [5, 5.41) is 2.05. The molecule has 1 aromatic carbocycles. The highest BCUT2D eigenvalue weighted by Gasteiger charge is 2.39. The van der Waals surface area contributed by atoms with Crippen LogP contribution in [0, 0.1) is 5.92 Å². The molecule has 0 fully saturated rings. The Labute approximate surface area is 152 Å². The summed E-state index contributed by atoms with van der Waals surface area (Å²) in [6.45, 7) is 3.65. The highest BCUT2D eigenvalue weighted by Crippen LogP contribution is 2.25. The smallest absolute Gasteiger partial charge is 0.349 e. The van der Waals surface area contributed by atoms with Gasteiger partial charge in [-0.3, -0.25) is 9.59 Å². The molecule has 144 valence electrons. The molecule has 0 saturated carbocycles. The zero-order valence-electron chi connectivity index (χ0n) is 15.1. The summed E-state index contributed by atoms with van der Waals surface area (Å²) in [5.74, 6) is -2.27. The Morgan fingerprint density at radius 3 is 2.31 bits per heavy atom. The van der Waals surface area contributed by atoms with Gasteiger partial charge in [0.2, 0.25) is 5.91 Å². The van der Waals surface area contributed by atoms with Crippen LogP contribution in [0.2, 0.25) is 0 Å². The maximum absolute atomic E-state index is 12.6. The third-order valence-corrected chi connectivity index (χ3v) is 4.05. The molecule has 26 heavy (non-hydrogen) atoms. The van der Waals surface area contributed by atoms with Crippen LogP contribution in [0.1, 0.15) is 37.3 Å². The van der Waals surface area contributed by atoms with E-state index in [2.05, 4.69) is 11.9 Å². The van der Waals surface area contributed by atoms with Gasteiger partial charge in [0.15, 0.2) is 0 Å². The number of halogens is 3. The van der Waals surface area contributed by atoms with Crippen LogP contribution in [0.15, 0.2) is 43.0 Å². The predicted octanol–water partition coefficient (Wildman–Crippen LogP) is 3.86. The molecule has 0 bridgehead atoms. The van der Waals surface area contributed by atoms with E-state index in [0.717, 1.165) is 0 Å². The van der Waals surface area contributed by atoms with Crippen molar-refractivity contribution >= 4 is 11.8 Å². The van der Waals surface area contributed by atoms with Gasteiger partial charge in [0.25, 0.3) is 0 Å². The minimum atomic E-state index is -4.93. The number of alkyl halides is 3. The molecule has 0 aromatic heterocycles. The fourth-order valence-corrected chi connectivity index (χ4v) is 2.72. The van der Waals surface area contributed by atoms with Crippen LogP contribution in [0.25, 0.3) is 0 Å². The second-order valence-corrected chi connectivity index (χ2v) is 6.32. The first-order chi connectivity index (χ1) is 12.2. The van der Waals surface area contributed by atoms with E-state index in [1.54, 1.807) is 50.5 Å². The molecular formula is C19H25F3N2O2. The van der Waals surface area contributed by atoms with Crippen LogP contribution in [-0.4, -0.2) is 37.0 Å². The first-order valence-corrected chi connectivity index (χ1v) is 8.41. The Balaban J connectivity index is 2.78. The largest absolute Gasteiger partial charge is 0.471 e. The van der Waals surface area contributed by atoms with E-state index < -0.39 is 18.1 Å². The zero-order valence-corrected chi connectivity index (χ0v) is 15.1. The Bertz CT molecular complexity index is 601. The van der Waals surface area contributed by atoms with E-state index in [1.165, 1.54) is 4.90 Å². The van der Waals surface area contributed by atoms with Crippen molar-refractivity contribution in [3.05, 3.63) is 48.6 Å². The van der Waals surface area contributed by atoms with Gasteiger partial charge in [0.05, 0.1) is 6.04 Å². The molecule has 2 atom stereocenters. The van der Waals surface area contributed by atoms with Crippen LogP contribution in [0.4, 0.5) is 13.2 Å². The lowest BCUT2D eigenvalue weighted by molar-refractivity contribution is -0.174. The number of nitrogens with one attached hydrogen (secondary N) is 1. The molecule has 0 radical (unpaired) electrons. The number of rotatable bonds is 9. The normalized spacial score (nSPS) is 13.6. The number of hydrogen-bond acceptors (Lipinski definition) is 2. The molecule has 0 aliphatic heterocycles. The summed E-state index contributed by atoms with van der Waals surface area (Å²) >= 11 is 0. The number of allylic oxidation sites excluding steroid dienone is 1. The maximum Gasteiger partial charge on any atom is 0.471 e. The van der Waals surface area contributed by atoms with Crippen LogP contribution >= 0.6 is 0 Å². The van der Waals surface area contributed by atoms with E-state index >= 15 is 0 Å². The standard InChI is InChI=1S/C19H25F3N2O2/c1-4-9-15(17(25)24(2)3)12-8-13-16(14-10-6-5-7-11-14)23-18(26)19(20,21)22/h4-7,10-11,15-16H,1,8-9,12-13H2,2-3H3,(H,23,26)/t15-,16-/m1/s1. The van der Waals surface area contributed by atoms with Crippen molar-refractivity contribution in [3.8, 4) is 0 Å². The average Bonchev–Trinajstić information content (AvgIpc) is 2.59. The second-order valence-electron chi connectivity index (χ2n) is 6.32. The molecule has 2 amide bonds. The van der Waals surface area contributed by atoms with Crippen molar-refractivity contribution in [2.24, 2.45) is 5.92 Å². The van der Waals surface area contributed by atoms with Crippen molar-refractivity contribution in [1.29, 1.82) is 0 Å². The lowest BCUT2D eigenvalue weighted by Crippen LogP contribution is -2.39. The number of amides is 2. The van der Waals surface area contributed by atoms with Crippen molar-refractivity contribution in [1.82, 2.24) is 10.2 Å². The molecule has 0 aliphatic carbocycles. The molecule has 1 rings (SSSR count). The molecule has 1 aromatic rings. The topological polar surface area (TPSA) is 49.4 Å². The minimum absolute atomic E-state index is 0.0412. The Morgan fingerprint density at radius 2 is 1.81 bits per heavy atom. The van der Waals surface area contributed by atoms with Gasteiger partial charge in [0.1, 0.15) is 0 Å². The summed E-state index contributed by atoms with van der Waals surface area (Å²) < 4.78 is 37.8. The summed E-state index contributed by atoms with van der Waals surface area (Å²) in [6.07, 6.45) is -1.46. The lowest BCUT2D eigenvalue weighted by Gasteiger charge is -2.22. The summed E-state index contributed by atoms with van der Waals surface area (Å²) in [5.41, 5.74) is 0.601. The minimum Gasteiger partial charge on any atom is -0.349 e. The summed E-state index contributed by atoms with van der Waals surface area (Å²) in [6, 6.07) is 7.75. The second kappa shape index (κ2) is 9.99. The van der Waals surface area contributed by atoms with Crippen molar-refractivity contribution in [2.45, 2.75) is 37.9 Å². The van der Waals surface area contributed by atoms with Crippen LogP contribution in [-0.2, 0) is 9.59 Å². The summed E-state index contributed by atoms with van der Waals surface area (Å²) in [7, 11) is 3.32. The first-order valence-electron chi connectivity index (χ1n) is 8.41. The SMILES string of the molecule is C=CC[C@H](CCC[C@@H](NC(=O)C(F)(F)F)c1ccccc1)C(=O)N(C)C. The van der Waals surface area contributed by atoms with E-state index in [1.807, 2.05) is 0 Å². The molecule has 1 N–H and O–H groups in total. The fourth-order valence-electron chi connectivity index (χ4n) is 2.72. The zero-order chi connectivity index (χ0) is 19.7. The third-order valence-electron chi connectivity index (χ3n) is 4.05. The Hall–Kier alpha value is -2.31. The van der Waals surface area contributed by atoms with Gasteiger partial charge >= 0.3 is 12.1 Å². The quantitative estimate of drug-likeness (QED) is 0.671. The van der Waals surface area contributed by atoms with Gasteiger partial charge in [-0.05, 0) is 24.8 Å². The van der Waals surface area contributed by atoms with Gasteiger partial charge in [-0.15, -0.1) is 6.58 Å². The molecular weight excluding hydrogens is 345 g/mol. The predicted molar refractivity (Wildman–Crippen MR) is 94.2 cm³/mol. The molecule has 0 heterocycles. The molecule has 7 heteroatoms. The number of carbonyl (C=O) groups excluding carboxylic acids is 2. The maximum atomic E-state index is 12.6. The van der Waals surface area contributed by atoms with Crippen LogP contribution < -0.4 is 5.32 Å². The Kier molecular flexibility index (Phi) is 8.35. The average molecular weight is 370 g/mol. The number of nitrogens with zero attached hydrogens (tertiary/aromatic N) is 1. The van der Waals surface area contributed by atoms with E-state index in [4.69, 9.17) is 0 Å². The van der Waals surface area contributed by atoms with Crippen molar-refractivity contribution in [2.75, 3.05) is 14.1 Å². The number of benzene rings is 1. The van der Waals surface area contributed by atoms with Crippen LogP contribution in [0.5, 0.6) is 0 Å². The molecule has 0 spiro atoms. The summed E-state index contributed by atoms with van der Waals surface area (Å²) in [4.78, 5) is 25.0. The van der Waals surface area contributed by atoms with Crippen molar-refractivity contribution in [3.63, 3.8) is 0 Å². The van der Waals surface area contributed by atoms with E-state index in [9.17, 15) is 22.8 Å². The lowest BCUT2D eigenvalue weighted by atomic mass is 9.93. The highest BCUT2D eigenvalue weighted by molar-refractivity contribution is 5.82. The van der Waals surface area contributed by atoms with E-state index in [-0.39, 0.29) is 11.8 Å². The van der Waals surface area contributed by atoms with Gasteiger partial charge in [-0.2, -0.15) is 13.2 Å². The Morgan fingerprint density at radius 1 is 1.19 bits per heavy atom. The number of hydrogen-bond donors (Lipinski definition) is 1. The van der Waals surface area contributed by atoms with Gasteiger partial charge in [-0.1, -0.05) is 42.8 Å². The van der Waals surface area contributed by atoms with Gasteiger partial charge in [0, 0.05) is 20.0 Å². The molecule has 0 unspecified atom stereocenters. The third kappa shape index (κ3) is 6.90. The van der Waals surface area contributed by atoms with Gasteiger partial charge < -0.3 is 10.2 Å². The van der Waals surface area contributed by atoms with E-state index in [0.29, 0.717) is 31.2 Å².